The summed E-state index contributed by atoms with van der Waals surface area (Å²) in [7, 11) is 0. The summed E-state index contributed by atoms with van der Waals surface area (Å²) in [6.45, 7) is 0. The third-order valence-electron chi connectivity index (χ3n) is 2.97. The Kier molecular flexibility index (Phi) is 3.44. The van der Waals surface area contributed by atoms with E-state index in [4.69, 9.17) is 11.6 Å². The number of hydrogen-bond acceptors (Lipinski definition) is 2. The lowest BCUT2D eigenvalue weighted by Crippen LogP contribution is -1.91. The highest BCUT2D eigenvalue weighted by molar-refractivity contribution is 6.30. The van der Waals surface area contributed by atoms with Gasteiger partial charge in [0.2, 0.25) is 0 Å². The van der Waals surface area contributed by atoms with Crippen molar-refractivity contribution in [1.82, 2.24) is 9.97 Å². The van der Waals surface area contributed by atoms with E-state index in [2.05, 4.69) is 9.97 Å². The zero-order valence-corrected chi connectivity index (χ0v) is 11.2. The van der Waals surface area contributed by atoms with Crippen LogP contribution >= 0.6 is 11.6 Å². The molecule has 0 amide bonds. The van der Waals surface area contributed by atoms with Crippen molar-refractivity contribution < 1.29 is 4.39 Å². The average Bonchev–Trinajstić information content (AvgIpc) is 2.48. The summed E-state index contributed by atoms with van der Waals surface area (Å²) in [6.07, 6.45) is 3.18. The van der Waals surface area contributed by atoms with E-state index >= 15 is 0 Å². The molecule has 0 N–H and O–H groups in total. The van der Waals surface area contributed by atoms with Crippen LogP contribution in [-0.4, -0.2) is 9.97 Å². The minimum Gasteiger partial charge on any atom is -0.244 e. The summed E-state index contributed by atoms with van der Waals surface area (Å²) in [4.78, 5) is 8.33. The molecule has 0 atom stereocenters. The number of nitrogens with zero attached hydrogens (tertiary/aromatic N) is 2. The van der Waals surface area contributed by atoms with Crippen molar-refractivity contribution in [3.63, 3.8) is 0 Å². The molecule has 0 fully saturated rings. The van der Waals surface area contributed by atoms with Crippen LogP contribution in [0.25, 0.3) is 22.4 Å². The molecular weight excluding hydrogens is 275 g/mol. The van der Waals surface area contributed by atoms with Crippen LogP contribution in [0.15, 0.2) is 61.1 Å². The summed E-state index contributed by atoms with van der Waals surface area (Å²) >= 11 is 5.90. The third-order valence-corrected chi connectivity index (χ3v) is 3.22. The second kappa shape index (κ2) is 5.39. The molecule has 0 bridgehead atoms. The number of benzene rings is 2. The molecule has 0 aliphatic rings. The fourth-order valence-corrected chi connectivity index (χ4v) is 2.16. The van der Waals surface area contributed by atoms with Crippen LogP contribution in [0.2, 0.25) is 5.02 Å². The summed E-state index contributed by atoms with van der Waals surface area (Å²) in [5.74, 6) is -0.289. The van der Waals surface area contributed by atoms with Gasteiger partial charge in [-0.05, 0) is 29.8 Å². The van der Waals surface area contributed by atoms with Crippen LogP contribution in [0.4, 0.5) is 4.39 Å². The van der Waals surface area contributed by atoms with Crippen molar-refractivity contribution in [2.24, 2.45) is 0 Å². The second-order valence-corrected chi connectivity index (χ2v) is 4.74. The molecule has 0 unspecified atom stereocenters. The zero-order valence-electron chi connectivity index (χ0n) is 10.4. The van der Waals surface area contributed by atoms with E-state index in [0.29, 0.717) is 10.7 Å². The van der Waals surface area contributed by atoms with Crippen molar-refractivity contribution in [3.8, 4) is 22.4 Å². The Labute approximate surface area is 120 Å². The molecule has 98 valence electrons. The van der Waals surface area contributed by atoms with Gasteiger partial charge in [-0.25, -0.2) is 14.4 Å². The van der Waals surface area contributed by atoms with Gasteiger partial charge in [-0.3, -0.25) is 0 Å². The van der Waals surface area contributed by atoms with Crippen molar-refractivity contribution in [3.05, 3.63) is 71.9 Å². The van der Waals surface area contributed by atoms with Gasteiger partial charge >= 0.3 is 0 Å². The number of aromatic nitrogens is 2. The minimum atomic E-state index is -0.289. The Balaban J connectivity index is 2.16. The smallest absolute Gasteiger partial charge is 0.123 e. The molecule has 0 spiro atoms. The predicted molar refractivity (Wildman–Crippen MR) is 77.9 cm³/mol. The summed E-state index contributed by atoms with van der Waals surface area (Å²) in [6, 6.07) is 13.8. The molecule has 1 heterocycles. The molecular formula is C16H10ClFN2. The molecule has 2 aromatic carbocycles. The van der Waals surface area contributed by atoms with Crippen LogP contribution in [0.1, 0.15) is 0 Å². The van der Waals surface area contributed by atoms with Gasteiger partial charge < -0.3 is 0 Å². The van der Waals surface area contributed by atoms with E-state index in [1.54, 1.807) is 24.4 Å². The van der Waals surface area contributed by atoms with Crippen LogP contribution in [0.3, 0.4) is 0 Å². The number of rotatable bonds is 2. The molecule has 20 heavy (non-hydrogen) atoms. The highest BCUT2D eigenvalue weighted by atomic mass is 35.5. The largest absolute Gasteiger partial charge is 0.244 e. The SMILES string of the molecule is Fc1cccc(-c2ncncc2-c2ccc(Cl)cc2)c1. The third kappa shape index (κ3) is 2.53. The first-order valence-electron chi connectivity index (χ1n) is 6.06. The number of halogens is 2. The Morgan fingerprint density at radius 3 is 2.50 bits per heavy atom. The molecule has 3 aromatic rings. The van der Waals surface area contributed by atoms with E-state index in [1.165, 1.54) is 18.5 Å². The van der Waals surface area contributed by atoms with Crippen molar-refractivity contribution in [1.29, 1.82) is 0 Å². The molecule has 2 nitrogen and oxygen atoms in total. The van der Waals surface area contributed by atoms with E-state index in [9.17, 15) is 4.39 Å². The number of hydrogen-bond donors (Lipinski definition) is 0. The Morgan fingerprint density at radius 1 is 0.950 bits per heavy atom. The molecule has 0 aliphatic carbocycles. The maximum Gasteiger partial charge on any atom is 0.123 e. The van der Waals surface area contributed by atoms with E-state index < -0.39 is 0 Å². The predicted octanol–water partition coefficient (Wildman–Crippen LogP) is 4.60. The lowest BCUT2D eigenvalue weighted by Gasteiger charge is -2.08. The van der Waals surface area contributed by atoms with Crippen molar-refractivity contribution in [2.45, 2.75) is 0 Å². The second-order valence-electron chi connectivity index (χ2n) is 4.30. The molecule has 0 saturated heterocycles. The zero-order chi connectivity index (χ0) is 13.9. The Morgan fingerprint density at radius 2 is 1.75 bits per heavy atom. The Bertz CT molecular complexity index is 741. The van der Waals surface area contributed by atoms with Gasteiger partial charge in [0, 0.05) is 22.3 Å². The van der Waals surface area contributed by atoms with Crippen LogP contribution in [0.5, 0.6) is 0 Å². The maximum atomic E-state index is 13.4. The highest BCUT2D eigenvalue weighted by Crippen LogP contribution is 2.30. The standard InChI is InChI=1S/C16H10ClFN2/c17-13-6-4-11(5-7-13)15-9-19-10-20-16(15)12-2-1-3-14(18)8-12/h1-10H. The lowest BCUT2D eigenvalue weighted by atomic mass is 10.0. The first-order valence-corrected chi connectivity index (χ1v) is 6.44. The molecule has 4 heteroatoms. The van der Waals surface area contributed by atoms with Gasteiger partial charge in [0.1, 0.15) is 12.1 Å². The van der Waals surface area contributed by atoms with E-state index in [-0.39, 0.29) is 5.82 Å². The minimum absolute atomic E-state index is 0.289. The van der Waals surface area contributed by atoms with Crippen LogP contribution in [0, 0.1) is 5.82 Å². The molecule has 0 saturated carbocycles. The summed E-state index contributed by atoms with van der Waals surface area (Å²) < 4.78 is 13.4. The fraction of sp³-hybridized carbons (Fsp3) is 0. The highest BCUT2D eigenvalue weighted by Gasteiger charge is 2.09. The van der Waals surface area contributed by atoms with E-state index in [0.717, 1.165) is 16.7 Å². The van der Waals surface area contributed by atoms with Crippen molar-refractivity contribution >= 4 is 11.6 Å². The molecule has 1 aromatic heterocycles. The normalized spacial score (nSPS) is 10.5. The van der Waals surface area contributed by atoms with Gasteiger partial charge in [0.05, 0.1) is 5.69 Å². The van der Waals surface area contributed by atoms with Gasteiger partial charge in [0.15, 0.2) is 0 Å². The first-order chi connectivity index (χ1) is 9.74. The van der Waals surface area contributed by atoms with E-state index in [1.807, 2.05) is 18.2 Å². The lowest BCUT2D eigenvalue weighted by molar-refractivity contribution is 0.628. The molecule has 3 rings (SSSR count). The topological polar surface area (TPSA) is 25.8 Å². The maximum absolute atomic E-state index is 13.4. The average molecular weight is 285 g/mol. The first kappa shape index (κ1) is 12.8. The Hall–Kier alpha value is -2.26. The molecule has 0 aliphatic heterocycles. The van der Waals surface area contributed by atoms with Crippen LogP contribution in [-0.2, 0) is 0 Å². The molecule has 0 radical (unpaired) electrons. The van der Waals surface area contributed by atoms with Gasteiger partial charge in [-0.1, -0.05) is 35.9 Å². The summed E-state index contributed by atoms with van der Waals surface area (Å²) in [5, 5.41) is 0.665. The monoisotopic (exact) mass is 284 g/mol. The van der Waals surface area contributed by atoms with Gasteiger partial charge in [-0.15, -0.1) is 0 Å². The van der Waals surface area contributed by atoms with Crippen LogP contribution < -0.4 is 0 Å². The van der Waals surface area contributed by atoms with Gasteiger partial charge in [-0.2, -0.15) is 0 Å². The van der Waals surface area contributed by atoms with Crippen molar-refractivity contribution in [2.75, 3.05) is 0 Å². The summed E-state index contributed by atoms with van der Waals surface area (Å²) in [5.41, 5.74) is 3.20. The quantitative estimate of drug-likeness (QED) is 0.687. The fourth-order valence-electron chi connectivity index (χ4n) is 2.04. The van der Waals surface area contributed by atoms with Gasteiger partial charge in [0.25, 0.3) is 0 Å².